The lowest BCUT2D eigenvalue weighted by Crippen LogP contribution is -2.10. The Morgan fingerprint density at radius 1 is 1.29 bits per heavy atom. The number of halogens is 1. The van der Waals surface area contributed by atoms with Gasteiger partial charge in [-0.15, -0.1) is 0 Å². The molecule has 2 aromatic rings. The van der Waals surface area contributed by atoms with Crippen molar-refractivity contribution in [3.8, 4) is 0 Å². The number of aromatic nitrogens is 1. The lowest BCUT2D eigenvalue weighted by molar-refractivity contribution is 0.111. The predicted molar refractivity (Wildman–Crippen MR) is 74.2 cm³/mol. The normalized spacial score (nSPS) is 13.8. The summed E-state index contributed by atoms with van der Waals surface area (Å²) in [6.45, 7) is 5.52. The SMILES string of the molecule is Brc1ccc2ncc3c(c2c1)CCOC3.CC. The van der Waals surface area contributed by atoms with Crippen LogP contribution in [-0.2, 0) is 17.8 Å². The van der Waals surface area contributed by atoms with Crippen molar-refractivity contribution in [1.82, 2.24) is 4.98 Å². The van der Waals surface area contributed by atoms with E-state index in [4.69, 9.17) is 4.74 Å². The maximum absolute atomic E-state index is 5.42. The first-order valence-electron chi connectivity index (χ1n) is 5.98. The Kier molecular flexibility index (Phi) is 4.13. The molecule has 17 heavy (non-hydrogen) atoms. The summed E-state index contributed by atoms with van der Waals surface area (Å²) in [5, 5.41) is 1.25. The van der Waals surface area contributed by atoms with Gasteiger partial charge in [-0.1, -0.05) is 29.8 Å². The van der Waals surface area contributed by atoms with Crippen LogP contribution >= 0.6 is 15.9 Å². The molecule has 0 aliphatic carbocycles. The zero-order valence-electron chi connectivity index (χ0n) is 10.2. The summed E-state index contributed by atoms with van der Waals surface area (Å²) in [6.07, 6.45) is 2.93. The highest BCUT2D eigenvalue weighted by Gasteiger charge is 2.13. The van der Waals surface area contributed by atoms with Crippen molar-refractivity contribution in [1.29, 1.82) is 0 Å². The highest BCUT2D eigenvalue weighted by atomic mass is 79.9. The summed E-state index contributed by atoms with van der Waals surface area (Å²) in [7, 11) is 0. The monoisotopic (exact) mass is 293 g/mol. The zero-order chi connectivity index (χ0) is 12.3. The van der Waals surface area contributed by atoms with Crippen LogP contribution in [0.1, 0.15) is 25.0 Å². The van der Waals surface area contributed by atoms with E-state index in [-0.39, 0.29) is 0 Å². The quantitative estimate of drug-likeness (QED) is 0.730. The topological polar surface area (TPSA) is 22.1 Å². The third-order valence-electron chi connectivity index (χ3n) is 2.78. The van der Waals surface area contributed by atoms with E-state index in [0.717, 1.165) is 23.0 Å². The van der Waals surface area contributed by atoms with Gasteiger partial charge in [0.25, 0.3) is 0 Å². The summed E-state index contributed by atoms with van der Waals surface area (Å²) >= 11 is 3.50. The Hall–Kier alpha value is -0.930. The van der Waals surface area contributed by atoms with Crippen molar-refractivity contribution in [2.24, 2.45) is 0 Å². The minimum Gasteiger partial charge on any atom is -0.376 e. The summed E-state index contributed by atoms with van der Waals surface area (Å²) in [6, 6.07) is 6.22. The van der Waals surface area contributed by atoms with Crippen LogP contribution in [0.15, 0.2) is 28.9 Å². The molecule has 0 amide bonds. The molecule has 0 radical (unpaired) electrons. The van der Waals surface area contributed by atoms with Gasteiger partial charge in [0.15, 0.2) is 0 Å². The number of hydrogen-bond acceptors (Lipinski definition) is 2. The third kappa shape index (κ3) is 2.50. The van der Waals surface area contributed by atoms with Gasteiger partial charge >= 0.3 is 0 Å². The van der Waals surface area contributed by atoms with Gasteiger partial charge in [-0.3, -0.25) is 4.98 Å². The molecule has 0 fully saturated rings. The Morgan fingerprint density at radius 3 is 2.94 bits per heavy atom. The minimum atomic E-state index is 0.699. The third-order valence-corrected chi connectivity index (χ3v) is 3.28. The fourth-order valence-electron chi connectivity index (χ4n) is 2.04. The van der Waals surface area contributed by atoms with Gasteiger partial charge in [0.1, 0.15) is 0 Å². The van der Waals surface area contributed by atoms with Crippen LogP contribution in [0.25, 0.3) is 10.9 Å². The van der Waals surface area contributed by atoms with Crippen LogP contribution in [0, 0.1) is 0 Å². The Morgan fingerprint density at radius 2 is 2.12 bits per heavy atom. The lowest BCUT2D eigenvalue weighted by Gasteiger charge is -2.17. The van der Waals surface area contributed by atoms with E-state index in [1.165, 1.54) is 16.5 Å². The van der Waals surface area contributed by atoms with Crippen LogP contribution in [0.4, 0.5) is 0 Å². The number of rotatable bonds is 0. The molecule has 1 aromatic carbocycles. The first-order valence-corrected chi connectivity index (χ1v) is 6.77. The van der Waals surface area contributed by atoms with Crippen molar-refractivity contribution >= 4 is 26.8 Å². The molecule has 0 spiro atoms. The largest absolute Gasteiger partial charge is 0.376 e. The molecule has 0 atom stereocenters. The van der Waals surface area contributed by atoms with E-state index in [9.17, 15) is 0 Å². The average molecular weight is 294 g/mol. The molecule has 2 nitrogen and oxygen atoms in total. The maximum atomic E-state index is 5.42. The fraction of sp³-hybridized carbons (Fsp3) is 0.357. The van der Waals surface area contributed by atoms with Crippen molar-refractivity contribution in [3.63, 3.8) is 0 Å². The number of nitrogens with zero attached hydrogens (tertiary/aromatic N) is 1. The molecule has 0 bridgehead atoms. The van der Waals surface area contributed by atoms with Gasteiger partial charge in [-0.05, 0) is 35.7 Å². The number of benzene rings is 1. The second-order valence-electron chi connectivity index (χ2n) is 3.73. The van der Waals surface area contributed by atoms with Crippen molar-refractivity contribution in [3.05, 3.63) is 40.0 Å². The zero-order valence-corrected chi connectivity index (χ0v) is 11.8. The van der Waals surface area contributed by atoms with E-state index in [2.05, 4.69) is 33.0 Å². The molecular weight excluding hydrogens is 278 g/mol. The van der Waals surface area contributed by atoms with Crippen LogP contribution < -0.4 is 0 Å². The summed E-state index contributed by atoms with van der Waals surface area (Å²) in [5.41, 5.74) is 3.69. The molecule has 1 aliphatic heterocycles. The number of ether oxygens (including phenoxy) is 1. The number of hydrogen-bond donors (Lipinski definition) is 0. The Balaban J connectivity index is 0.000000514. The van der Waals surface area contributed by atoms with Crippen molar-refractivity contribution in [2.75, 3.05) is 6.61 Å². The molecule has 2 heterocycles. The highest BCUT2D eigenvalue weighted by molar-refractivity contribution is 9.10. The van der Waals surface area contributed by atoms with Gasteiger partial charge < -0.3 is 4.74 Å². The molecule has 1 aromatic heterocycles. The number of fused-ring (bicyclic) bond motifs is 3. The molecule has 0 saturated heterocycles. The van der Waals surface area contributed by atoms with Gasteiger partial charge in [0.2, 0.25) is 0 Å². The second-order valence-corrected chi connectivity index (χ2v) is 4.64. The van der Waals surface area contributed by atoms with E-state index >= 15 is 0 Å². The molecule has 3 rings (SSSR count). The highest BCUT2D eigenvalue weighted by Crippen LogP contribution is 2.27. The molecule has 0 N–H and O–H groups in total. The molecule has 90 valence electrons. The first-order chi connectivity index (χ1) is 8.34. The Bertz CT molecular complexity index is 525. The standard InChI is InChI=1S/C12H10BrNO.C2H6/c13-9-1-2-12-11(5-9)10-3-4-15-7-8(10)6-14-12;1-2/h1-2,5-6H,3-4,7H2;1-2H3. The minimum absolute atomic E-state index is 0.699. The van der Waals surface area contributed by atoms with Crippen LogP contribution in [0.3, 0.4) is 0 Å². The first kappa shape index (κ1) is 12.5. The molecular formula is C14H16BrNO. The summed E-state index contributed by atoms with van der Waals surface area (Å²) in [4.78, 5) is 4.43. The molecule has 0 saturated carbocycles. The van der Waals surface area contributed by atoms with Gasteiger partial charge in [0, 0.05) is 16.1 Å². The van der Waals surface area contributed by atoms with E-state index in [0.29, 0.717) is 6.61 Å². The lowest BCUT2D eigenvalue weighted by atomic mass is 10.00. The van der Waals surface area contributed by atoms with Gasteiger partial charge in [0.05, 0.1) is 18.7 Å². The van der Waals surface area contributed by atoms with Crippen molar-refractivity contribution in [2.45, 2.75) is 26.9 Å². The summed E-state index contributed by atoms with van der Waals surface area (Å²) < 4.78 is 6.53. The smallest absolute Gasteiger partial charge is 0.0734 e. The maximum Gasteiger partial charge on any atom is 0.0734 e. The van der Waals surface area contributed by atoms with E-state index < -0.39 is 0 Å². The molecule has 0 unspecified atom stereocenters. The molecule has 3 heteroatoms. The van der Waals surface area contributed by atoms with Gasteiger partial charge in [-0.25, -0.2) is 0 Å². The second kappa shape index (κ2) is 5.61. The van der Waals surface area contributed by atoms with E-state index in [1.54, 1.807) is 0 Å². The predicted octanol–water partition coefficient (Wildman–Crippen LogP) is 4.10. The average Bonchev–Trinajstić information content (AvgIpc) is 2.41. The fourth-order valence-corrected chi connectivity index (χ4v) is 2.40. The van der Waals surface area contributed by atoms with Crippen molar-refractivity contribution < 1.29 is 4.74 Å². The Labute approximate surface area is 110 Å². The van der Waals surface area contributed by atoms with Crippen LogP contribution in [-0.4, -0.2) is 11.6 Å². The number of pyridine rings is 1. The van der Waals surface area contributed by atoms with Crippen LogP contribution in [0.2, 0.25) is 0 Å². The van der Waals surface area contributed by atoms with Crippen LogP contribution in [0.5, 0.6) is 0 Å². The van der Waals surface area contributed by atoms with E-state index in [1.807, 2.05) is 26.1 Å². The van der Waals surface area contributed by atoms with Gasteiger partial charge in [-0.2, -0.15) is 0 Å². The molecule has 1 aliphatic rings. The summed E-state index contributed by atoms with van der Waals surface area (Å²) in [5.74, 6) is 0.